The highest BCUT2D eigenvalue weighted by molar-refractivity contribution is 5.71. The van der Waals surface area contributed by atoms with Gasteiger partial charge in [0, 0.05) is 19.3 Å². The Hall–Kier alpha value is -2.89. The van der Waals surface area contributed by atoms with Crippen LogP contribution in [-0.4, -0.2) is 37.2 Å². The first-order valence-electron chi connectivity index (χ1n) is 34.3. The molecule has 0 radical (unpaired) electrons. The summed E-state index contributed by atoms with van der Waals surface area (Å²) in [6, 6.07) is 0. The molecule has 0 bridgehead atoms. The summed E-state index contributed by atoms with van der Waals surface area (Å²) in [5.41, 5.74) is 0. The molecule has 0 N–H and O–H groups in total. The highest BCUT2D eigenvalue weighted by Gasteiger charge is 2.19. The minimum Gasteiger partial charge on any atom is -0.462 e. The summed E-state index contributed by atoms with van der Waals surface area (Å²) >= 11 is 0. The molecule has 1 unspecified atom stereocenters. The first-order valence-corrected chi connectivity index (χ1v) is 34.3. The molecule has 0 aliphatic heterocycles. The molecule has 0 fully saturated rings. The second-order valence-corrected chi connectivity index (χ2v) is 23.1. The number of hydrogen-bond donors (Lipinski definition) is 0. The Bertz CT molecular complexity index is 1390. The van der Waals surface area contributed by atoms with Crippen molar-refractivity contribution in [2.24, 2.45) is 0 Å². The molecule has 0 aliphatic rings. The number of unbranched alkanes of at least 4 members (excludes halogenated alkanes) is 42. The van der Waals surface area contributed by atoms with Crippen molar-refractivity contribution < 1.29 is 28.6 Å². The first-order chi connectivity index (χ1) is 38.5. The number of hydrogen-bond acceptors (Lipinski definition) is 6. The highest BCUT2D eigenvalue weighted by Crippen LogP contribution is 2.18. The van der Waals surface area contributed by atoms with E-state index in [1.165, 1.54) is 225 Å². The zero-order valence-electron chi connectivity index (χ0n) is 52.2. The zero-order chi connectivity index (χ0) is 56.4. The van der Waals surface area contributed by atoms with E-state index < -0.39 is 6.10 Å². The maximum atomic E-state index is 12.9. The van der Waals surface area contributed by atoms with Gasteiger partial charge in [-0.3, -0.25) is 14.4 Å². The first kappa shape index (κ1) is 75.1. The number of esters is 3. The van der Waals surface area contributed by atoms with Crippen molar-refractivity contribution in [1.29, 1.82) is 0 Å². The van der Waals surface area contributed by atoms with Crippen molar-refractivity contribution in [1.82, 2.24) is 0 Å². The van der Waals surface area contributed by atoms with Gasteiger partial charge < -0.3 is 14.2 Å². The molecule has 454 valence electrons. The van der Waals surface area contributed by atoms with Gasteiger partial charge in [0.1, 0.15) is 13.2 Å². The number of rotatable bonds is 63. The molecule has 0 aromatic carbocycles. The van der Waals surface area contributed by atoms with Gasteiger partial charge in [0.05, 0.1) is 0 Å². The third-order valence-electron chi connectivity index (χ3n) is 15.3. The summed E-state index contributed by atoms with van der Waals surface area (Å²) in [5.74, 6) is -0.871. The molecule has 0 aromatic rings. The molecule has 0 aromatic heterocycles. The normalized spacial score (nSPS) is 12.4. The van der Waals surface area contributed by atoms with Gasteiger partial charge in [-0.05, 0) is 64.2 Å². The van der Waals surface area contributed by atoms with E-state index >= 15 is 0 Å². The summed E-state index contributed by atoms with van der Waals surface area (Å²) in [6.07, 6.45) is 85.6. The molecule has 0 saturated carbocycles. The van der Waals surface area contributed by atoms with E-state index in [2.05, 4.69) is 81.5 Å². The lowest BCUT2D eigenvalue weighted by molar-refractivity contribution is -0.167. The van der Waals surface area contributed by atoms with Crippen LogP contribution in [0.25, 0.3) is 0 Å². The Labute approximate surface area is 485 Å². The van der Waals surface area contributed by atoms with Gasteiger partial charge >= 0.3 is 17.9 Å². The van der Waals surface area contributed by atoms with Gasteiger partial charge in [-0.25, -0.2) is 0 Å². The van der Waals surface area contributed by atoms with E-state index in [0.29, 0.717) is 19.3 Å². The summed E-state index contributed by atoms with van der Waals surface area (Å²) in [4.78, 5) is 38.2. The van der Waals surface area contributed by atoms with Gasteiger partial charge in [-0.1, -0.05) is 338 Å². The average molecular weight is 1090 g/mol. The van der Waals surface area contributed by atoms with Crippen molar-refractivity contribution >= 4 is 17.9 Å². The summed E-state index contributed by atoms with van der Waals surface area (Å²) in [6.45, 7) is 6.54. The largest absolute Gasteiger partial charge is 0.462 e. The minimum atomic E-state index is -0.777. The topological polar surface area (TPSA) is 78.9 Å². The lowest BCUT2D eigenvalue weighted by Gasteiger charge is -2.18. The summed E-state index contributed by atoms with van der Waals surface area (Å²) in [5, 5.41) is 0. The van der Waals surface area contributed by atoms with Crippen molar-refractivity contribution in [3.8, 4) is 0 Å². The van der Waals surface area contributed by atoms with Gasteiger partial charge in [-0.15, -0.1) is 0 Å². The van der Waals surface area contributed by atoms with Crippen molar-refractivity contribution in [3.05, 3.63) is 60.8 Å². The van der Waals surface area contributed by atoms with Crippen molar-refractivity contribution in [2.45, 2.75) is 367 Å². The maximum Gasteiger partial charge on any atom is 0.306 e. The molecule has 0 amide bonds. The maximum absolute atomic E-state index is 12.9. The van der Waals surface area contributed by atoms with Gasteiger partial charge in [0.25, 0.3) is 0 Å². The molecule has 0 spiro atoms. The van der Waals surface area contributed by atoms with E-state index in [0.717, 1.165) is 96.3 Å². The van der Waals surface area contributed by atoms with Crippen LogP contribution in [0.3, 0.4) is 0 Å². The van der Waals surface area contributed by atoms with Crippen LogP contribution in [-0.2, 0) is 28.6 Å². The Balaban J connectivity index is 4.10. The van der Waals surface area contributed by atoms with Crippen molar-refractivity contribution in [2.75, 3.05) is 13.2 Å². The second kappa shape index (κ2) is 66.6. The molecule has 0 rings (SSSR count). The fraction of sp³-hybridized carbons (Fsp3) is 0.819. The van der Waals surface area contributed by atoms with Gasteiger partial charge in [0.2, 0.25) is 0 Å². The lowest BCUT2D eigenvalue weighted by Crippen LogP contribution is -2.30. The predicted octanol–water partition coefficient (Wildman–Crippen LogP) is 23.5. The van der Waals surface area contributed by atoms with Crippen LogP contribution in [0.5, 0.6) is 0 Å². The molecular formula is C72H130O6. The summed E-state index contributed by atoms with van der Waals surface area (Å²) < 4.78 is 16.9. The van der Waals surface area contributed by atoms with E-state index in [1.54, 1.807) is 0 Å². The average Bonchev–Trinajstić information content (AvgIpc) is 3.44. The number of carbonyl (C=O) groups excluding carboxylic acids is 3. The van der Waals surface area contributed by atoms with E-state index in [1.807, 2.05) is 0 Å². The van der Waals surface area contributed by atoms with Crippen LogP contribution in [0, 0.1) is 0 Å². The SMILES string of the molecule is CC/C=C\C/C=C\C/C=C\C/C=C\C/C=C\CCCCCCCCCC(=O)OC(COC(=O)CCCCCCCCCC)COC(=O)CCCCCCCCCCCCCCCCCCCCCCCCCCCCCCC. The van der Waals surface area contributed by atoms with E-state index in [9.17, 15) is 14.4 Å². The van der Waals surface area contributed by atoms with Crippen molar-refractivity contribution in [3.63, 3.8) is 0 Å². The second-order valence-electron chi connectivity index (χ2n) is 23.1. The molecular weight excluding hydrogens is 961 g/mol. The molecule has 0 saturated heterocycles. The monoisotopic (exact) mass is 1090 g/mol. The Kier molecular flexibility index (Phi) is 64.2. The van der Waals surface area contributed by atoms with Crippen LogP contribution in [0.15, 0.2) is 60.8 Å². The fourth-order valence-corrected chi connectivity index (χ4v) is 10.2. The van der Waals surface area contributed by atoms with Crippen LogP contribution >= 0.6 is 0 Å². The summed E-state index contributed by atoms with van der Waals surface area (Å²) in [7, 11) is 0. The minimum absolute atomic E-state index is 0.0746. The zero-order valence-corrected chi connectivity index (χ0v) is 52.2. The molecule has 0 heterocycles. The molecule has 1 atom stereocenters. The van der Waals surface area contributed by atoms with E-state index in [-0.39, 0.29) is 31.1 Å². The third kappa shape index (κ3) is 63.9. The van der Waals surface area contributed by atoms with Crippen LogP contribution in [0.4, 0.5) is 0 Å². The number of carbonyl (C=O) groups is 3. The van der Waals surface area contributed by atoms with Crippen LogP contribution in [0.2, 0.25) is 0 Å². The third-order valence-corrected chi connectivity index (χ3v) is 15.3. The van der Waals surface area contributed by atoms with Crippen LogP contribution < -0.4 is 0 Å². The quantitative estimate of drug-likeness (QED) is 0.0261. The van der Waals surface area contributed by atoms with Gasteiger partial charge in [-0.2, -0.15) is 0 Å². The molecule has 0 aliphatic carbocycles. The van der Waals surface area contributed by atoms with Crippen LogP contribution in [0.1, 0.15) is 361 Å². The molecule has 6 nitrogen and oxygen atoms in total. The smallest absolute Gasteiger partial charge is 0.306 e. The molecule has 78 heavy (non-hydrogen) atoms. The lowest BCUT2D eigenvalue weighted by atomic mass is 10.0. The Morgan fingerprint density at radius 3 is 0.782 bits per heavy atom. The number of ether oxygens (including phenoxy) is 3. The fourth-order valence-electron chi connectivity index (χ4n) is 10.2. The van der Waals surface area contributed by atoms with E-state index in [4.69, 9.17) is 14.2 Å². The number of allylic oxidation sites excluding steroid dienone is 10. The Morgan fingerprint density at radius 1 is 0.269 bits per heavy atom. The molecule has 6 heteroatoms. The highest BCUT2D eigenvalue weighted by atomic mass is 16.6. The standard InChI is InChI=1S/C72H130O6/c1-4-7-10-13-16-19-21-23-25-27-29-31-33-34-35-36-37-38-40-41-43-45-47-49-51-53-56-59-62-65-71(74)77-68-69(67-76-70(73)64-61-58-55-18-15-12-9-6-3)78-72(75)66-63-60-57-54-52-50-48-46-44-42-39-32-30-28-26-24-22-20-17-14-11-8-5-2/h8,11,17,20,24,26,30,32,42,44,69H,4-7,9-10,12-16,18-19,21-23,25,27-29,31,33-41,43,45-68H2,1-3H3/b11-8-,20-17-,26-24-,32-30-,44-42-. The Morgan fingerprint density at radius 2 is 0.500 bits per heavy atom. The predicted molar refractivity (Wildman–Crippen MR) is 339 cm³/mol. The van der Waals surface area contributed by atoms with Gasteiger partial charge in [0.15, 0.2) is 6.10 Å².